The maximum Gasteiger partial charge on any atom is 0.160 e. The lowest BCUT2D eigenvalue weighted by molar-refractivity contribution is 0.660. The van der Waals surface area contributed by atoms with Crippen molar-refractivity contribution in [1.29, 1.82) is 0 Å². The molecule has 1 heterocycles. The predicted octanol–water partition coefficient (Wildman–Crippen LogP) is 12.8. The van der Waals surface area contributed by atoms with Gasteiger partial charge in [-0.3, -0.25) is 0 Å². The molecule has 242 valence electrons. The van der Waals surface area contributed by atoms with E-state index in [-0.39, 0.29) is 5.41 Å². The number of hydrogen-bond acceptors (Lipinski definition) is 2. The van der Waals surface area contributed by atoms with E-state index in [0.717, 1.165) is 39.2 Å². The van der Waals surface area contributed by atoms with Crippen LogP contribution < -0.4 is 0 Å². The first-order chi connectivity index (χ1) is 25.0. The molecule has 8 aromatic rings. The molecule has 0 N–H and O–H groups in total. The smallest absolute Gasteiger partial charge is 0.160 e. The van der Waals surface area contributed by atoms with E-state index in [9.17, 15) is 0 Å². The molecular weight excluding hydrogens is 617 g/mol. The molecule has 51 heavy (non-hydrogen) atoms. The van der Waals surface area contributed by atoms with Gasteiger partial charge in [0.1, 0.15) is 0 Å². The Bertz CT molecular complexity index is 2510. The van der Waals surface area contributed by atoms with Crippen molar-refractivity contribution in [3.63, 3.8) is 0 Å². The maximum atomic E-state index is 5.13. The van der Waals surface area contributed by atoms with Gasteiger partial charge in [0.2, 0.25) is 0 Å². The molecule has 0 fully saturated rings. The zero-order chi connectivity index (χ0) is 34.4. The third-order valence-corrected chi connectivity index (χ3v) is 10.3. The van der Waals surface area contributed by atoms with Crippen LogP contribution in [0, 0.1) is 0 Å². The zero-order valence-electron chi connectivity index (χ0n) is 28.7. The average molecular weight is 653 g/mol. The van der Waals surface area contributed by atoms with Crippen LogP contribution in [0.15, 0.2) is 182 Å². The Morgan fingerprint density at radius 2 is 0.745 bits per heavy atom. The molecule has 0 saturated heterocycles. The molecule has 0 bridgehead atoms. The standard InChI is InChI=1S/C49H36N2/c1-49(2)44-19-10-9-18-42(44)43-31-40(28-29-45(43)49)36-22-20-35(21-23-36)39-16-11-17-41(30-39)48-50-46(37-14-7-4-8-15-37)32-47(51-48)38-26-24-34(25-27-38)33-12-5-3-6-13-33/h3-32H,1-2H3. The van der Waals surface area contributed by atoms with Crippen molar-refractivity contribution in [1.82, 2.24) is 9.97 Å². The fourth-order valence-corrected chi connectivity index (χ4v) is 7.54. The highest BCUT2D eigenvalue weighted by atomic mass is 14.9. The molecule has 0 saturated carbocycles. The molecule has 0 unspecified atom stereocenters. The summed E-state index contributed by atoms with van der Waals surface area (Å²) >= 11 is 0. The van der Waals surface area contributed by atoms with Gasteiger partial charge in [-0.1, -0.05) is 178 Å². The number of nitrogens with zero attached hydrogens (tertiary/aromatic N) is 2. The summed E-state index contributed by atoms with van der Waals surface area (Å²) in [5.41, 5.74) is 17.5. The van der Waals surface area contributed by atoms with Crippen LogP contribution >= 0.6 is 0 Å². The normalized spacial score (nSPS) is 12.7. The number of fused-ring (bicyclic) bond motifs is 3. The average Bonchev–Trinajstić information content (AvgIpc) is 3.44. The fourth-order valence-electron chi connectivity index (χ4n) is 7.54. The van der Waals surface area contributed by atoms with Gasteiger partial charge in [-0.25, -0.2) is 9.97 Å². The number of hydrogen-bond donors (Lipinski definition) is 0. The highest BCUT2D eigenvalue weighted by molar-refractivity contribution is 5.85. The lowest BCUT2D eigenvalue weighted by Crippen LogP contribution is -2.14. The van der Waals surface area contributed by atoms with Crippen molar-refractivity contribution in [2.75, 3.05) is 0 Å². The lowest BCUT2D eigenvalue weighted by Gasteiger charge is -2.21. The Morgan fingerprint density at radius 3 is 1.41 bits per heavy atom. The van der Waals surface area contributed by atoms with Crippen LogP contribution in [0.1, 0.15) is 25.0 Å². The molecule has 0 atom stereocenters. The monoisotopic (exact) mass is 652 g/mol. The summed E-state index contributed by atoms with van der Waals surface area (Å²) < 4.78 is 0. The van der Waals surface area contributed by atoms with Crippen LogP contribution in [0.4, 0.5) is 0 Å². The van der Waals surface area contributed by atoms with Gasteiger partial charge in [0, 0.05) is 22.1 Å². The molecule has 2 nitrogen and oxygen atoms in total. The maximum absolute atomic E-state index is 5.13. The first-order valence-electron chi connectivity index (χ1n) is 17.6. The zero-order valence-corrected chi connectivity index (χ0v) is 28.7. The number of rotatable bonds is 6. The van der Waals surface area contributed by atoms with Crippen molar-refractivity contribution in [2.24, 2.45) is 0 Å². The molecule has 1 aliphatic rings. The van der Waals surface area contributed by atoms with Crippen molar-refractivity contribution in [3.8, 4) is 78.4 Å². The first kappa shape index (κ1) is 30.7. The number of aromatic nitrogens is 2. The second-order valence-corrected chi connectivity index (χ2v) is 13.9. The van der Waals surface area contributed by atoms with Gasteiger partial charge in [0.15, 0.2) is 5.82 Å². The topological polar surface area (TPSA) is 25.8 Å². The largest absolute Gasteiger partial charge is 0.228 e. The molecular formula is C49H36N2. The molecule has 0 amide bonds. The summed E-state index contributed by atoms with van der Waals surface area (Å²) in [6.45, 7) is 4.65. The van der Waals surface area contributed by atoms with E-state index < -0.39 is 0 Å². The van der Waals surface area contributed by atoms with E-state index in [4.69, 9.17) is 9.97 Å². The summed E-state index contributed by atoms with van der Waals surface area (Å²) in [7, 11) is 0. The Kier molecular flexibility index (Phi) is 7.51. The minimum atomic E-state index is 0.0113. The van der Waals surface area contributed by atoms with Gasteiger partial charge in [0.25, 0.3) is 0 Å². The van der Waals surface area contributed by atoms with Crippen molar-refractivity contribution in [2.45, 2.75) is 19.3 Å². The van der Waals surface area contributed by atoms with Crippen LogP contribution in [0.2, 0.25) is 0 Å². The first-order valence-corrected chi connectivity index (χ1v) is 17.6. The van der Waals surface area contributed by atoms with Crippen LogP contribution in [0.5, 0.6) is 0 Å². The van der Waals surface area contributed by atoms with Gasteiger partial charge in [-0.05, 0) is 73.8 Å². The Hall–Kier alpha value is -6.38. The summed E-state index contributed by atoms with van der Waals surface area (Å²) in [6, 6.07) is 64.8. The lowest BCUT2D eigenvalue weighted by atomic mass is 9.82. The van der Waals surface area contributed by atoms with E-state index in [1.54, 1.807) is 0 Å². The van der Waals surface area contributed by atoms with Crippen LogP contribution in [-0.4, -0.2) is 9.97 Å². The summed E-state index contributed by atoms with van der Waals surface area (Å²) in [5.74, 6) is 0.707. The third-order valence-electron chi connectivity index (χ3n) is 10.3. The third kappa shape index (κ3) is 5.65. The number of benzene rings is 7. The highest BCUT2D eigenvalue weighted by Crippen LogP contribution is 2.49. The highest BCUT2D eigenvalue weighted by Gasteiger charge is 2.35. The molecule has 0 radical (unpaired) electrons. The van der Waals surface area contributed by atoms with Crippen LogP contribution in [0.25, 0.3) is 78.4 Å². The van der Waals surface area contributed by atoms with Gasteiger partial charge < -0.3 is 0 Å². The molecule has 1 aliphatic carbocycles. The molecule has 0 spiro atoms. The quantitative estimate of drug-likeness (QED) is 0.179. The SMILES string of the molecule is CC1(C)c2ccccc2-c2cc(-c3ccc(-c4cccc(-c5nc(-c6ccccc6)cc(-c6ccc(-c7ccccc7)cc6)n5)c4)cc3)ccc21. The van der Waals surface area contributed by atoms with E-state index >= 15 is 0 Å². The second-order valence-electron chi connectivity index (χ2n) is 13.9. The van der Waals surface area contributed by atoms with Gasteiger partial charge in [-0.2, -0.15) is 0 Å². The van der Waals surface area contributed by atoms with Gasteiger partial charge in [0.05, 0.1) is 11.4 Å². The fraction of sp³-hybridized carbons (Fsp3) is 0.0612. The van der Waals surface area contributed by atoms with E-state index in [2.05, 4.69) is 184 Å². The van der Waals surface area contributed by atoms with E-state index in [1.165, 1.54) is 44.5 Å². The van der Waals surface area contributed by atoms with Crippen LogP contribution in [-0.2, 0) is 5.41 Å². The summed E-state index contributed by atoms with van der Waals surface area (Å²) in [6.07, 6.45) is 0. The Labute approximate surface area is 299 Å². The van der Waals surface area contributed by atoms with E-state index in [1.807, 2.05) is 12.1 Å². The Morgan fingerprint density at radius 1 is 0.314 bits per heavy atom. The van der Waals surface area contributed by atoms with Gasteiger partial charge >= 0.3 is 0 Å². The van der Waals surface area contributed by atoms with Crippen molar-refractivity contribution >= 4 is 0 Å². The second kappa shape index (κ2) is 12.5. The van der Waals surface area contributed by atoms with Crippen molar-refractivity contribution < 1.29 is 0 Å². The Balaban J connectivity index is 1.05. The molecule has 2 heteroatoms. The summed E-state index contributed by atoms with van der Waals surface area (Å²) in [5, 5.41) is 0. The molecule has 9 rings (SSSR count). The van der Waals surface area contributed by atoms with Crippen LogP contribution in [0.3, 0.4) is 0 Å². The van der Waals surface area contributed by atoms with Gasteiger partial charge in [-0.15, -0.1) is 0 Å². The molecule has 0 aliphatic heterocycles. The predicted molar refractivity (Wildman–Crippen MR) is 212 cm³/mol. The minimum Gasteiger partial charge on any atom is -0.228 e. The minimum absolute atomic E-state index is 0.0113. The van der Waals surface area contributed by atoms with Crippen molar-refractivity contribution in [3.05, 3.63) is 193 Å². The molecule has 7 aromatic carbocycles. The molecule has 1 aromatic heterocycles. The summed E-state index contributed by atoms with van der Waals surface area (Å²) in [4.78, 5) is 10.2. The van der Waals surface area contributed by atoms with E-state index in [0.29, 0.717) is 5.82 Å².